The number of aromatic nitrogens is 6. The lowest BCUT2D eigenvalue weighted by molar-refractivity contribution is -0.0640. The number of hydrogen-bond acceptors (Lipinski definition) is 7. The van der Waals surface area contributed by atoms with E-state index in [2.05, 4.69) is 38.1 Å². The Kier molecular flexibility index (Phi) is 10.0. The predicted octanol–water partition coefficient (Wildman–Crippen LogP) is 7.28. The number of anilines is 1. The lowest BCUT2D eigenvalue weighted by atomic mass is 9.81. The Hall–Kier alpha value is -5.01. The van der Waals surface area contributed by atoms with Crippen molar-refractivity contribution >= 4 is 11.7 Å². The van der Waals surface area contributed by atoms with E-state index in [1.165, 1.54) is 5.56 Å². The molecule has 0 radical (unpaired) electrons. The molecule has 4 aliphatic rings. The van der Waals surface area contributed by atoms with E-state index in [0.29, 0.717) is 38.8 Å². The zero-order chi connectivity index (χ0) is 37.4. The molecule has 3 aromatic carbocycles. The fourth-order valence-electron chi connectivity index (χ4n) is 8.71. The summed E-state index contributed by atoms with van der Waals surface area (Å²) in [4.78, 5) is 14.4. The molecule has 4 unspecified atom stereocenters. The van der Waals surface area contributed by atoms with E-state index in [-0.39, 0.29) is 42.8 Å². The van der Waals surface area contributed by atoms with Gasteiger partial charge in [0.05, 0.1) is 48.1 Å². The summed E-state index contributed by atoms with van der Waals surface area (Å²) in [7, 11) is 0. The molecule has 5 aromatic rings. The van der Waals surface area contributed by atoms with Crippen LogP contribution in [0.5, 0.6) is 0 Å². The summed E-state index contributed by atoms with van der Waals surface area (Å²) < 4.78 is 30.4. The number of fused-ring (bicyclic) bond motifs is 6. The lowest BCUT2D eigenvalue weighted by Gasteiger charge is -2.35. The molecule has 1 saturated heterocycles. The van der Waals surface area contributed by atoms with Gasteiger partial charge in [-0.3, -0.25) is 0 Å². The Balaban J connectivity index is 0.000000160. The van der Waals surface area contributed by atoms with Crippen LogP contribution in [-0.2, 0) is 0 Å². The first-order valence-corrected chi connectivity index (χ1v) is 19.0. The summed E-state index contributed by atoms with van der Waals surface area (Å²) >= 11 is 0. The van der Waals surface area contributed by atoms with Crippen LogP contribution in [0.15, 0.2) is 85.2 Å². The number of aliphatic hydroxyl groups excluding tert-OH is 2. The number of alkyl halides is 2. The van der Waals surface area contributed by atoms with Crippen molar-refractivity contribution in [2.75, 3.05) is 18.4 Å². The minimum absolute atomic E-state index is 0.00608. The van der Waals surface area contributed by atoms with E-state index < -0.39 is 18.1 Å². The highest BCUT2D eigenvalue weighted by Crippen LogP contribution is 2.44. The lowest BCUT2D eigenvalue weighted by Crippen LogP contribution is -2.43. The normalized spacial score (nSPS) is 21.2. The predicted molar refractivity (Wildman–Crippen MR) is 200 cm³/mol. The molecule has 11 nitrogen and oxygen atoms in total. The molecule has 3 N–H and O–H groups in total. The second-order valence-electron chi connectivity index (χ2n) is 15.3. The van der Waals surface area contributed by atoms with Crippen LogP contribution in [0.2, 0.25) is 0 Å². The van der Waals surface area contributed by atoms with Crippen molar-refractivity contribution in [3.63, 3.8) is 0 Å². The third kappa shape index (κ3) is 7.26. The maximum absolute atomic E-state index is 13.3. The van der Waals surface area contributed by atoms with E-state index in [0.717, 1.165) is 52.2 Å². The number of benzene rings is 3. The van der Waals surface area contributed by atoms with Gasteiger partial charge in [0.15, 0.2) is 0 Å². The summed E-state index contributed by atoms with van der Waals surface area (Å²) in [5.74, 6) is -2.45. The van der Waals surface area contributed by atoms with Gasteiger partial charge in [0.25, 0.3) is 0 Å². The molecule has 9 rings (SSSR count). The number of amides is 2. The standard InChI is InChI=1S/C24H27N5O2.C17H19F2N3O/c1-16-6-8-18(9-7-16)26-24(31)28-12-10-17(11-13-28)23(30)14-21-19-4-2-3-5-20(19)22-15-25-27-29(21)22;18-17(19)7-5-11(6-8-17)16(23)9-14-12-3-1-2-4-13(12)15-10-20-21-22(14)15/h2-9,15,17,21,23,30H,10-14H2,1H3,(H,26,31);1-4,10-11,14,16,23H,5-9H2. The van der Waals surface area contributed by atoms with Crippen LogP contribution in [0, 0.1) is 18.8 Å². The van der Waals surface area contributed by atoms with E-state index >= 15 is 0 Å². The SMILES string of the molecule is Cc1ccc(NC(=O)N2CCC(C(O)CC3c4ccccc4-c4cnnn43)CC2)cc1.OC(CC1c2ccccc2-c2cnnn21)C1CCC(F)(F)CC1. The molecule has 0 spiro atoms. The highest BCUT2D eigenvalue weighted by molar-refractivity contribution is 5.89. The van der Waals surface area contributed by atoms with Crippen LogP contribution in [0.1, 0.15) is 80.1 Å². The summed E-state index contributed by atoms with van der Waals surface area (Å²) in [6.07, 6.45) is 5.67. The van der Waals surface area contributed by atoms with Gasteiger partial charge in [-0.25, -0.2) is 22.9 Å². The van der Waals surface area contributed by atoms with Gasteiger partial charge in [-0.15, -0.1) is 10.2 Å². The molecule has 1 aliphatic carbocycles. The summed E-state index contributed by atoms with van der Waals surface area (Å²) in [5.41, 5.74) is 8.48. The molecule has 3 aliphatic heterocycles. The average molecular weight is 737 g/mol. The second kappa shape index (κ2) is 15.0. The van der Waals surface area contributed by atoms with Crippen molar-refractivity contribution in [2.24, 2.45) is 11.8 Å². The van der Waals surface area contributed by atoms with Gasteiger partial charge in [-0.1, -0.05) is 76.7 Å². The zero-order valence-electron chi connectivity index (χ0n) is 30.3. The summed E-state index contributed by atoms with van der Waals surface area (Å²) in [6.45, 7) is 3.32. The summed E-state index contributed by atoms with van der Waals surface area (Å²) in [5, 5.41) is 41.0. The number of urea groups is 1. The maximum atomic E-state index is 13.3. The van der Waals surface area contributed by atoms with E-state index in [4.69, 9.17) is 0 Å². The van der Waals surface area contributed by atoms with Gasteiger partial charge >= 0.3 is 6.03 Å². The van der Waals surface area contributed by atoms with Gasteiger partial charge in [0.1, 0.15) is 0 Å². The van der Waals surface area contributed by atoms with E-state index in [1.807, 2.05) is 81.9 Å². The Bertz CT molecular complexity index is 2070. The number of hydrogen-bond donors (Lipinski definition) is 3. The first kappa shape index (κ1) is 36.0. The molecule has 2 amide bonds. The Morgan fingerprint density at radius 2 is 1.24 bits per heavy atom. The minimum Gasteiger partial charge on any atom is -0.393 e. The topological polar surface area (TPSA) is 134 Å². The fraction of sp³-hybridized carbons (Fsp3) is 0.439. The number of nitrogens with one attached hydrogen (secondary N) is 1. The third-order valence-corrected chi connectivity index (χ3v) is 11.8. The van der Waals surface area contributed by atoms with Crippen molar-refractivity contribution in [1.29, 1.82) is 0 Å². The van der Waals surface area contributed by atoms with Crippen molar-refractivity contribution in [1.82, 2.24) is 34.9 Å². The molecule has 5 heterocycles. The Morgan fingerprint density at radius 1 is 0.759 bits per heavy atom. The first-order chi connectivity index (χ1) is 26.1. The number of piperidine rings is 1. The van der Waals surface area contributed by atoms with Gasteiger partial charge in [-0.05, 0) is 67.7 Å². The molecule has 13 heteroatoms. The van der Waals surface area contributed by atoms with Crippen molar-refractivity contribution < 1.29 is 23.8 Å². The molecule has 2 fully saturated rings. The van der Waals surface area contributed by atoms with Gasteiger partial charge in [0, 0.05) is 55.6 Å². The molecule has 2 aromatic heterocycles. The molecular weight excluding hydrogens is 690 g/mol. The smallest absolute Gasteiger partial charge is 0.321 e. The molecule has 4 atom stereocenters. The number of carbonyl (C=O) groups excluding carboxylic acids is 1. The number of aryl methyl sites for hydroxylation is 1. The third-order valence-electron chi connectivity index (χ3n) is 11.8. The quantitative estimate of drug-likeness (QED) is 0.160. The van der Waals surface area contributed by atoms with Crippen LogP contribution in [0.3, 0.4) is 0 Å². The fourth-order valence-corrected chi connectivity index (χ4v) is 8.71. The molecule has 282 valence electrons. The Morgan fingerprint density at radius 3 is 1.76 bits per heavy atom. The van der Waals surface area contributed by atoms with Gasteiger partial charge < -0.3 is 20.4 Å². The number of carbonyl (C=O) groups is 1. The zero-order valence-corrected chi connectivity index (χ0v) is 30.3. The van der Waals surface area contributed by atoms with Crippen molar-refractivity contribution in [3.05, 3.63) is 102 Å². The van der Waals surface area contributed by atoms with Crippen LogP contribution in [0.25, 0.3) is 22.5 Å². The average Bonchev–Trinajstić information content (AvgIpc) is 3.97. The van der Waals surface area contributed by atoms with Gasteiger partial charge in [0.2, 0.25) is 5.92 Å². The number of rotatable bonds is 7. The number of aliphatic hydroxyl groups is 2. The monoisotopic (exact) mass is 736 g/mol. The van der Waals surface area contributed by atoms with Crippen LogP contribution >= 0.6 is 0 Å². The molecule has 1 saturated carbocycles. The maximum Gasteiger partial charge on any atom is 0.321 e. The number of nitrogens with zero attached hydrogens (tertiary/aromatic N) is 7. The molecule has 0 bridgehead atoms. The minimum atomic E-state index is -2.56. The van der Waals surface area contributed by atoms with Gasteiger partial charge in [-0.2, -0.15) is 0 Å². The van der Waals surface area contributed by atoms with Crippen LogP contribution in [-0.4, -0.2) is 82.4 Å². The van der Waals surface area contributed by atoms with Crippen molar-refractivity contribution in [3.8, 4) is 22.5 Å². The van der Waals surface area contributed by atoms with E-state index in [1.54, 1.807) is 12.4 Å². The Labute approximate surface area is 313 Å². The highest BCUT2D eigenvalue weighted by atomic mass is 19.3. The largest absolute Gasteiger partial charge is 0.393 e. The van der Waals surface area contributed by atoms with Crippen LogP contribution in [0.4, 0.5) is 19.3 Å². The molecule has 54 heavy (non-hydrogen) atoms. The number of likely N-dealkylation sites (tertiary alicyclic amines) is 1. The first-order valence-electron chi connectivity index (χ1n) is 19.0. The molecular formula is C41H46F2N8O3. The van der Waals surface area contributed by atoms with E-state index in [9.17, 15) is 23.8 Å². The highest BCUT2D eigenvalue weighted by Gasteiger charge is 2.40. The van der Waals surface area contributed by atoms with Crippen LogP contribution < -0.4 is 5.32 Å². The number of halogens is 2. The van der Waals surface area contributed by atoms with Crippen molar-refractivity contribution in [2.45, 2.75) is 88.5 Å². The second-order valence-corrected chi connectivity index (χ2v) is 15.3. The summed E-state index contributed by atoms with van der Waals surface area (Å²) in [6, 6.07) is 23.9.